The van der Waals surface area contributed by atoms with Crippen LogP contribution in [0.15, 0.2) is 18.2 Å². The van der Waals surface area contributed by atoms with Gasteiger partial charge >= 0.3 is 0 Å². The molecule has 3 nitrogen and oxygen atoms in total. The molecule has 2 rings (SSSR count). The van der Waals surface area contributed by atoms with Gasteiger partial charge in [-0.1, -0.05) is 32.4 Å². The second kappa shape index (κ2) is 5.98. The fourth-order valence-corrected chi connectivity index (χ4v) is 4.10. The van der Waals surface area contributed by atoms with E-state index in [1.165, 1.54) is 0 Å². The molecule has 0 saturated carbocycles. The summed E-state index contributed by atoms with van der Waals surface area (Å²) in [5.74, 6) is 0.0482. The number of carbonyl (C=O) groups is 1. The number of benzene rings is 1. The number of amides is 1. The summed E-state index contributed by atoms with van der Waals surface area (Å²) >= 11 is 6.12. The Morgan fingerprint density at radius 3 is 2.55 bits per heavy atom. The molecule has 1 heterocycles. The molecule has 1 aliphatic rings. The number of hydrogen-bond acceptors (Lipinski definition) is 2. The maximum atomic E-state index is 12.0. The zero-order valence-corrected chi connectivity index (χ0v) is 16.1. The normalized spacial score (nSPS) is 19.0. The first kappa shape index (κ1) is 17.5. The maximum absolute atomic E-state index is 12.0. The average Bonchev–Trinajstić information content (AvgIpc) is 2.35. The zero-order valence-electron chi connectivity index (χ0n) is 14.4. The van der Waals surface area contributed by atoms with Crippen LogP contribution >= 0.6 is 11.6 Å². The van der Waals surface area contributed by atoms with Gasteiger partial charge in [-0.2, -0.15) is 0 Å². The lowest BCUT2D eigenvalue weighted by atomic mass is 10.00. The van der Waals surface area contributed by atoms with Gasteiger partial charge in [0, 0.05) is 24.1 Å². The van der Waals surface area contributed by atoms with Crippen LogP contribution in [0.4, 0.5) is 5.69 Å². The van der Waals surface area contributed by atoms with Crippen molar-refractivity contribution in [3.63, 3.8) is 0 Å². The van der Waals surface area contributed by atoms with Crippen molar-refractivity contribution in [2.45, 2.75) is 58.4 Å². The third-order valence-corrected chi connectivity index (χ3v) is 9.58. The number of carbonyl (C=O) groups excluding carboxylic acids is 1. The SMILES string of the molecule is CC(=O)N1C[C@H](O[Si](C)(C)C(C)(C)C)Cc2cc(Cl)ccc21. The number of halogens is 1. The van der Waals surface area contributed by atoms with E-state index < -0.39 is 8.32 Å². The van der Waals surface area contributed by atoms with Crippen molar-refractivity contribution in [2.75, 3.05) is 11.4 Å². The molecule has 0 radical (unpaired) electrons. The minimum atomic E-state index is -1.86. The van der Waals surface area contributed by atoms with E-state index in [0.717, 1.165) is 17.7 Å². The van der Waals surface area contributed by atoms with Crippen molar-refractivity contribution < 1.29 is 9.22 Å². The molecule has 1 aromatic rings. The van der Waals surface area contributed by atoms with Crippen LogP contribution in [0.1, 0.15) is 33.3 Å². The second-order valence-electron chi connectivity index (χ2n) is 7.61. The van der Waals surface area contributed by atoms with Gasteiger partial charge in [0.2, 0.25) is 5.91 Å². The molecule has 0 unspecified atom stereocenters. The van der Waals surface area contributed by atoms with E-state index >= 15 is 0 Å². The van der Waals surface area contributed by atoms with Crippen LogP contribution in [0, 0.1) is 0 Å². The van der Waals surface area contributed by atoms with Gasteiger partial charge in [0.15, 0.2) is 8.32 Å². The Balaban J connectivity index is 2.29. The van der Waals surface area contributed by atoms with E-state index in [9.17, 15) is 4.79 Å². The molecule has 5 heteroatoms. The third-order valence-electron chi connectivity index (χ3n) is 4.81. The largest absolute Gasteiger partial charge is 0.412 e. The van der Waals surface area contributed by atoms with Gasteiger partial charge < -0.3 is 9.33 Å². The summed E-state index contributed by atoms with van der Waals surface area (Å²) in [5.41, 5.74) is 2.06. The molecule has 0 bridgehead atoms. The van der Waals surface area contributed by atoms with Gasteiger partial charge in [-0.25, -0.2) is 0 Å². The van der Waals surface area contributed by atoms with Gasteiger partial charge in [0.05, 0.1) is 12.6 Å². The van der Waals surface area contributed by atoms with Crippen molar-refractivity contribution >= 4 is 31.5 Å². The molecular weight excluding hydrogens is 314 g/mol. The molecule has 1 atom stereocenters. The molecule has 0 N–H and O–H groups in total. The van der Waals surface area contributed by atoms with Crippen molar-refractivity contribution in [3.8, 4) is 0 Å². The van der Waals surface area contributed by atoms with Crippen LogP contribution in [0.5, 0.6) is 0 Å². The first-order valence-corrected chi connectivity index (χ1v) is 11.0. The quantitative estimate of drug-likeness (QED) is 0.734. The van der Waals surface area contributed by atoms with E-state index in [1.807, 2.05) is 23.1 Å². The number of rotatable bonds is 2. The number of anilines is 1. The fraction of sp³-hybridized carbons (Fsp3) is 0.588. The Morgan fingerprint density at radius 1 is 1.36 bits per heavy atom. The van der Waals surface area contributed by atoms with Crippen LogP contribution in [-0.4, -0.2) is 26.9 Å². The zero-order chi connectivity index (χ0) is 16.7. The molecule has 0 aromatic heterocycles. The number of fused-ring (bicyclic) bond motifs is 1. The summed E-state index contributed by atoms with van der Waals surface area (Å²) in [4.78, 5) is 13.8. The molecule has 0 saturated heterocycles. The molecule has 1 aromatic carbocycles. The monoisotopic (exact) mass is 339 g/mol. The Kier molecular flexibility index (Phi) is 4.76. The van der Waals surface area contributed by atoms with E-state index in [-0.39, 0.29) is 17.0 Å². The Morgan fingerprint density at radius 2 is 2.00 bits per heavy atom. The molecule has 0 fully saturated rings. The first-order chi connectivity index (χ1) is 10.0. The predicted octanol–water partition coefficient (Wildman–Crippen LogP) is 4.64. The van der Waals surface area contributed by atoms with E-state index in [2.05, 4.69) is 33.9 Å². The molecule has 22 heavy (non-hydrogen) atoms. The molecule has 0 aliphatic carbocycles. The Labute approximate surface area is 139 Å². The predicted molar refractivity (Wildman–Crippen MR) is 95.3 cm³/mol. The molecule has 1 amide bonds. The highest BCUT2D eigenvalue weighted by atomic mass is 35.5. The summed E-state index contributed by atoms with van der Waals surface area (Å²) in [7, 11) is -1.86. The lowest BCUT2D eigenvalue weighted by Gasteiger charge is -2.42. The average molecular weight is 340 g/mol. The van der Waals surface area contributed by atoms with Gasteiger partial charge in [0.25, 0.3) is 0 Å². The lowest BCUT2D eigenvalue weighted by Crippen LogP contribution is -2.50. The van der Waals surface area contributed by atoms with Crippen molar-refractivity contribution in [2.24, 2.45) is 0 Å². The summed E-state index contributed by atoms with van der Waals surface area (Å²) in [6, 6.07) is 5.72. The van der Waals surface area contributed by atoms with Crippen LogP contribution in [0.2, 0.25) is 23.2 Å². The Hall–Kier alpha value is -0.843. The lowest BCUT2D eigenvalue weighted by molar-refractivity contribution is -0.117. The van der Waals surface area contributed by atoms with E-state index in [1.54, 1.807) is 6.92 Å². The Bertz CT molecular complexity index is 581. The van der Waals surface area contributed by atoms with Gasteiger partial charge in [-0.05, 0) is 41.9 Å². The topological polar surface area (TPSA) is 29.5 Å². The fourth-order valence-electron chi connectivity index (χ4n) is 2.56. The minimum Gasteiger partial charge on any atom is -0.412 e. The molecular formula is C17H26ClNO2Si. The van der Waals surface area contributed by atoms with Crippen molar-refractivity contribution in [3.05, 3.63) is 28.8 Å². The van der Waals surface area contributed by atoms with Crippen molar-refractivity contribution in [1.29, 1.82) is 0 Å². The molecule has 1 aliphatic heterocycles. The van der Waals surface area contributed by atoms with Crippen LogP contribution in [0.25, 0.3) is 0 Å². The van der Waals surface area contributed by atoms with E-state index in [4.69, 9.17) is 16.0 Å². The minimum absolute atomic E-state index is 0.0377. The number of hydrogen-bond donors (Lipinski definition) is 0. The summed E-state index contributed by atoms with van der Waals surface area (Å²) in [6.45, 7) is 13.4. The highest BCUT2D eigenvalue weighted by molar-refractivity contribution is 6.74. The first-order valence-electron chi connectivity index (χ1n) is 7.75. The second-order valence-corrected chi connectivity index (χ2v) is 12.8. The number of nitrogens with zero attached hydrogens (tertiary/aromatic N) is 1. The van der Waals surface area contributed by atoms with Crippen LogP contribution in [-0.2, 0) is 15.6 Å². The molecule has 0 spiro atoms. The smallest absolute Gasteiger partial charge is 0.223 e. The van der Waals surface area contributed by atoms with Gasteiger partial charge in [-0.3, -0.25) is 4.79 Å². The maximum Gasteiger partial charge on any atom is 0.223 e. The summed E-state index contributed by atoms with van der Waals surface area (Å²) in [6.07, 6.45) is 0.849. The van der Waals surface area contributed by atoms with Crippen LogP contribution < -0.4 is 4.90 Å². The molecule has 122 valence electrons. The van der Waals surface area contributed by atoms with E-state index in [0.29, 0.717) is 11.6 Å². The van der Waals surface area contributed by atoms with Crippen LogP contribution in [0.3, 0.4) is 0 Å². The van der Waals surface area contributed by atoms with Gasteiger partial charge in [0.1, 0.15) is 0 Å². The van der Waals surface area contributed by atoms with Gasteiger partial charge in [-0.15, -0.1) is 0 Å². The third kappa shape index (κ3) is 3.55. The standard InChI is InChI=1S/C17H26ClNO2Si/c1-12(20)19-11-15(21-22(5,6)17(2,3)4)10-13-9-14(18)7-8-16(13)19/h7-9,15H,10-11H2,1-6H3/t15-/m1/s1. The summed E-state index contributed by atoms with van der Waals surface area (Å²) in [5, 5.41) is 0.859. The highest BCUT2D eigenvalue weighted by Crippen LogP contribution is 2.39. The highest BCUT2D eigenvalue weighted by Gasteiger charge is 2.40. The van der Waals surface area contributed by atoms with Crippen molar-refractivity contribution in [1.82, 2.24) is 0 Å². The summed E-state index contributed by atoms with van der Waals surface area (Å²) < 4.78 is 6.52.